The second kappa shape index (κ2) is 5.05. The molecule has 0 atom stereocenters. The maximum atomic E-state index is 5.53. The molecule has 0 amide bonds. The molecule has 0 aliphatic carbocycles. The average molecular weight is 229 g/mol. The van der Waals surface area contributed by atoms with Crippen LogP contribution in [0.25, 0.3) is 0 Å². The Kier molecular flexibility index (Phi) is 5.03. The van der Waals surface area contributed by atoms with Crippen molar-refractivity contribution in [3.8, 4) is 0 Å². The van der Waals surface area contributed by atoms with Crippen molar-refractivity contribution in [3.05, 3.63) is 0 Å². The van der Waals surface area contributed by atoms with Gasteiger partial charge in [-0.2, -0.15) is 0 Å². The number of ether oxygens (including phenoxy) is 1. The summed E-state index contributed by atoms with van der Waals surface area (Å²) in [6.45, 7) is 15.8. The summed E-state index contributed by atoms with van der Waals surface area (Å²) in [6.07, 6.45) is 0. The highest BCUT2D eigenvalue weighted by atomic mass is 16.5. The summed E-state index contributed by atoms with van der Waals surface area (Å²) in [7, 11) is 6.09. The first-order chi connectivity index (χ1) is 6.98. The standard InChI is InChI=1S/C14H31NO/c1-12(2,3)14(11-16-9,10-15(7)8)13(4,5)6/h10-11H2,1-9H3. The van der Waals surface area contributed by atoms with Crippen molar-refractivity contribution in [2.45, 2.75) is 41.5 Å². The van der Waals surface area contributed by atoms with E-state index in [1.807, 2.05) is 7.11 Å². The predicted octanol–water partition coefficient (Wildman–Crippen LogP) is 3.27. The minimum Gasteiger partial charge on any atom is -0.384 e. The van der Waals surface area contributed by atoms with Gasteiger partial charge in [-0.1, -0.05) is 41.5 Å². The van der Waals surface area contributed by atoms with E-state index < -0.39 is 0 Å². The van der Waals surface area contributed by atoms with Crippen molar-refractivity contribution in [3.63, 3.8) is 0 Å². The lowest BCUT2D eigenvalue weighted by Crippen LogP contribution is -2.55. The van der Waals surface area contributed by atoms with Gasteiger partial charge in [0.05, 0.1) is 6.61 Å². The highest BCUT2D eigenvalue weighted by molar-refractivity contribution is 5.00. The quantitative estimate of drug-likeness (QED) is 0.733. The monoisotopic (exact) mass is 229 g/mol. The van der Waals surface area contributed by atoms with Gasteiger partial charge in [0, 0.05) is 19.1 Å². The molecule has 0 unspecified atom stereocenters. The Hall–Kier alpha value is -0.0800. The van der Waals surface area contributed by atoms with E-state index in [0.29, 0.717) is 0 Å². The molecule has 0 aromatic rings. The van der Waals surface area contributed by atoms with E-state index in [4.69, 9.17) is 4.74 Å². The van der Waals surface area contributed by atoms with Gasteiger partial charge in [-0.05, 0) is 24.9 Å². The van der Waals surface area contributed by atoms with Gasteiger partial charge in [0.1, 0.15) is 0 Å². The molecule has 0 saturated carbocycles. The predicted molar refractivity (Wildman–Crippen MR) is 71.8 cm³/mol. The maximum absolute atomic E-state index is 5.53. The SMILES string of the molecule is COCC(CN(C)C)(C(C)(C)C)C(C)(C)C. The number of hydrogen-bond donors (Lipinski definition) is 0. The Morgan fingerprint density at radius 1 is 0.875 bits per heavy atom. The number of nitrogens with zero attached hydrogens (tertiary/aromatic N) is 1. The molecular formula is C14H31NO. The first-order valence-corrected chi connectivity index (χ1v) is 6.11. The van der Waals surface area contributed by atoms with Gasteiger partial charge in [-0.15, -0.1) is 0 Å². The van der Waals surface area contributed by atoms with E-state index in [1.165, 1.54) is 0 Å². The average Bonchev–Trinajstić information content (AvgIpc) is 1.98. The summed E-state index contributed by atoms with van der Waals surface area (Å²) in [6, 6.07) is 0. The molecule has 0 bridgehead atoms. The minimum absolute atomic E-state index is 0.151. The van der Waals surface area contributed by atoms with Gasteiger partial charge in [-0.25, -0.2) is 0 Å². The Morgan fingerprint density at radius 3 is 1.44 bits per heavy atom. The molecule has 0 N–H and O–H groups in total. The fourth-order valence-corrected chi connectivity index (χ4v) is 2.86. The van der Waals surface area contributed by atoms with E-state index in [9.17, 15) is 0 Å². The minimum atomic E-state index is 0.151. The summed E-state index contributed by atoms with van der Waals surface area (Å²) in [5.74, 6) is 0. The fourth-order valence-electron chi connectivity index (χ4n) is 2.86. The molecular weight excluding hydrogens is 198 g/mol. The molecule has 2 nitrogen and oxygen atoms in total. The summed E-state index contributed by atoms with van der Waals surface area (Å²) in [4.78, 5) is 2.27. The summed E-state index contributed by atoms with van der Waals surface area (Å²) in [5.41, 5.74) is 0.579. The van der Waals surface area contributed by atoms with Gasteiger partial charge in [0.15, 0.2) is 0 Å². The van der Waals surface area contributed by atoms with Crippen LogP contribution < -0.4 is 0 Å². The van der Waals surface area contributed by atoms with E-state index in [1.54, 1.807) is 0 Å². The molecule has 0 spiro atoms. The van der Waals surface area contributed by atoms with Crippen molar-refractivity contribution in [1.82, 2.24) is 4.90 Å². The third-order valence-electron chi connectivity index (χ3n) is 3.85. The molecule has 0 aliphatic heterocycles. The van der Waals surface area contributed by atoms with Gasteiger partial charge in [0.25, 0.3) is 0 Å². The first kappa shape index (κ1) is 15.9. The second-order valence-corrected chi connectivity index (χ2v) is 7.25. The van der Waals surface area contributed by atoms with Crippen LogP contribution in [0.15, 0.2) is 0 Å². The Bertz CT molecular complexity index is 194. The van der Waals surface area contributed by atoms with Crippen LogP contribution >= 0.6 is 0 Å². The van der Waals surface area contributed by atoms with Crippen LogP contribution in [-0.4, -0.2) is 39.3 Å². The van der Waals surface area contributed by atoms with Gasteiger partial charge < -0.3 is 9.64 Å². The molecule has 0 rings (SSSR count). The molecule has 0 saturated heterocycles. The Morgan fingerprint density at radius 2 is 1.25 bits per heavy atom. The molecule has 2 heteroatoms. The van der Waals surface area contributed by atoms with Gasteiger partial charge >= 0.3 is 0 Å². The normalized spacial score (nSPS) is 14.6. The zero-order chi connectivity index (χ0) is 13.2. The lowest BCUT2D eigenvalue weighted by Gasteiger charge is -2.54. The highest BCUT2D eigenvalue weighted by Gasteiger charge is 2.50. The van der Waals surface area contributed by atoms with Crippen molar-refractivity contribution in [1.29, 1.82) is 0 Å². The molecule has 16 heavy (non-hydrogen) atoms. The van der Waals surface area contributed by atoms with Crippen molar-refractivity contribution >= 4 is 0 Å². The molecule has 0 radical (unpaired) electrons. The van der Waals surface area contributed by atoms with Crippen molar-refractivity contribution in [2.75, 3.05) is 34.4 Å². The number of methoxy groups -OCH3 is 1. The van der Waals surface area contributed by atoms with Gasteiger partial charge in [-0.3, -0.25) is 0 Å². The first-order valence-electron chi connectivity index (χ1n) is 6.11. The van der Waals surface area contributed by atoms with Crippen LogP contribution in [0.2, 0.25) is 0 Å². The maximum Gasteiger partial charge on any atom is 0.0540 e. The van der Waals surface area contributed by atoms with E-state index in [-0.39, 0.29) is 16.2 Å². The molecule has 0 aromatic carbocycles. The second-order valence-electron chi connectivity index (χ2n) is 7.25. The zero-order valence-corrected chi connectivity index (χ0v) is 12.8. The zero-order valence-electron chi connectivity index (χ0n) is 12.8. The lowest BCUT2D eigenvalue weighted by atomic mass is 9.54. The molecule has 0 heterocycles. The lowest BCUT2D eigenvalue weighted by molar-refractivity contribution is -0.101. The van der Waals surface area contributed by atoms with Crippen molar-refractivity contribution < 1.29 is 4.74 Å². The molecule has 0 fully saturated rings. The fraction of sp³-hybridized carbons (Fsp3) is 1.00. The summed E-state index contributed by atoms with van der Waals surface area (Å²) < 4.78 is 5.53. The van der Waals surface area contributed by atoms with Gasteiger partial charge in [0.2, 0.25) is 0 Å². The third-order valence-corrected chi connectivity index (χ3v) is 3.85. The van der Waals surface area contributed by atoms with Crippen LogP contribution in [0.5, 0.6) is 0 Å². The smallest absolute Gasteiger partial charge is 0.0540 e. The summed E-state index contributed by atoms with van der Waals surface area (Å²) >= 11 is 0. The van der Waals surface area contributed by atoms with E-state index >= 15 is 0 Å². The Labute approximate surface area is 102 Å². The Balaban J connectivity index is 5.41. The largest absolute Gasteiger partial charge is 0.384 e. The van der Waals surface area contributed by atoms with Crippen molar-refractivity contribution in [2.24, 2.45) is 16.2 Å². The molecule has 98 valence electrons. The number of rotatable bonds is 4. The molecule has 0 aromatic heterocycles. The topological polar surface area (TPSA) is 12.5 Å². The summed E-state index contributed by atoms with van der Waals surface area (Å²) in [5, 5.41) is 0. The highest BCUT2D eigenvalue weighted by Crippen LogP contribution is 2.51. The van der Waals surface area contributed by atoms with E-state index in [2.05, 4.69) is 60.5 Å². The van der Waals surface area contributed by atoms with Crippen LogP contribution in [0.4, 0.5) is 0 Å². The van der Waals surface area contributed by atoms with E-state index in [0.717, 1.165) is 13.2 Å². The van der Waals surface area contributed by atoms with Crippen LogP contribution in [0.3, 0.4) is 0 Å². The third kappa shape index (κ3) is 3.21. The number of hydrogen-bond acceptors (Lipinski definition) is 2. The molecule has 0 aliphatic rings. The van der Waals surface area contributed by atoms with Crippen LogP contribution in [-0.2, 0) is 4.74 Å². The van der Waals surface area contributed by atoms with Crippen LogP contribution in [0.1, 0.15) is 41.5 Å². The van der Waals surface area contributed by atoms with Crippen LogP contribution in [0, 0.1) is 16.2 Å².